The third-order valence-corrected chi connectivity index (χ3v) is 14.7. The molecule has 0 spiro atoms. The second-order valence-electron chi connectivity index (χ2n) is 16.5. The van der Waals surface area contributed by atoms with Gasteiger partial charge in [0.05, 0.1) is 6.26 Å². The molecular formula is C45H60O5S2. The van der Waals surface area contributed by atoms with Gasteiger partial charge in [-0.25, -0.2) is 3.63 Å². The zero-order chi connectivity index (χ0) is 38.6. The second-order valence-corrected chi connectivity index (χ2v) is 20.9. The largest absolute Gasteiger partial charge is 0.498 e. The van der Waals surface area contributed by atoms with Gasteiger partial charge in [0, 0.05) is 14.7 Å². The Morgan fingerprint density at radius 2 is 1.02 bits per heavy atom. The molecule has 0 heterocycles. The van der Waals surface area contributed by atoms with Crippen LogP contribution in [0.3, 0.4) is 0 Å². The third-order valence-electron chi connectivity index (χ3n) is 9.37. The van der Waals surface area contributed by atoms with Crippen molar-refractivity contribution in [1.29, 1.82) is 0 Å². The van der Waals surface area contributed by atoms with Crippen molar-refractivity contribution in [3.63, 3.8) is 0 Å². The molecule has 4 rings (SSSR count). The smallest absolute Gasteiger partial charge is 0.307 e. The van der Waals surface area contributed by atoms with Gasteiger partial charge in [0.1, 0.15) is 23.9 Å². The van der Waals surface area contributed by atoms with Crippen LogP contribution in [0.15, 0.2) is 117 Å². The Morgan fingerprint density at radius 3 is 1.37 bits per heavy atom. The van der Waals surface area contributed by atoms with Crippen LogP contribution >= 0.6 is 10.3 Å². The van der Waals surface area contributed by atoms with Crippen molar-refractivity contribution in [1.82, 2.24) is 0 Å². The van der Waals surface area contributed by atoms with Crippen LogP contribution in [0.5, 0.6) is 5.75 Å². The summed E-state index contributed by atoms with van der Waals surface area (Å²) in [6.45, 7) is 29.9. The predicted octanol–water partition coefficient (Wildman–Crippen LogP) is 12.8. The molecule has 0 aliphatic carbocycles. The van der Waals surface area contributed by atoms with Gasteiger partial charge < -0.3 is 9.47 Å². The Balaban J connectivity index is 2.09. The van der Waals surface area contributed by atoms with Gasteiger partial charge >= 0.3 is 10.1 Å². The van der Waals surface area contributed by atoms with E-state index in [4.69, 9.17) is 13.1 Å². The first-order valence-electron chi connectivity index (χ1n) is 18.4. The van der Waals surface area contributed by atoms with Crippen LogP contribution in [0.1, 0.15) is 129 Å². The number of benzene rings is 4. The topological polar surface area (TPSA) is 61.8 Å². The molecule has 0 saturated carbocycles. The van der Waals surface area contributed by atoms with E-state index in [1.54, 1.807) is 0 Å². The summed E-state index contributed by atoms with van der Waals surface area (Å²) in [6, 6.07) is 28.4. The van der Waals surface area contributed by atoms with Crippen molar-refractivity contribution in [3.05, 3.63) is 126 Å². The summed E-state index contributed by atoms with van der Waals surface area (Å²) in [7, 11) is -7.29. The normalized spacial score (nSPS) is 13.1. The van der Waals surface area contributed by atoms with Crippen molar-refractivity contribution < 1.29 is 21.5 Å². The third kappa shape index (κ3) is 9.15. The molecule has 0 amide bonds. The lowest BCUT2D eigenvalue weighted by molar-refractivity contribution is 0.179. The lowest BCUT2D eigenvalue weighted by atomic mass is 9.87. The molecule has 5 nitrogen and oxygen atoms in total. The molecule has 7 heteroatoms. The van der Waals surface area contributed by atoms with E-state index in [-0.39, 0.29) is 33.5 Å². The lowest BCUT2D eigenvalue weighted by Crippen LogP contribution is -2.19. The zero-order valence-electron chi connectivity index (χ0n) is 33.4. The fourth-order valence-corrected chi connectivity index (χ4v) is 12.0. The number of hydrogen-bond acceptors (Lipinski definition) is 5. The fraction of sp³-hybridized carbons (Fsp3) is 0.422. The van der Waals surface area contributed by atoms with E-state index in [0.29, 0.717) is 19.0 Å². The predicted molar refractivity (Wildman–Crippen MR) is 218 cm³/mol. The van der Waals surface area contributed by atoms with Crippen LogP contribution in [-0.4, -0.2) is 21.6 Å². The van der Waals surface area contributed by atoms with E-state index >= 15 is 8.42 Å². The Morgan fingerprint density at radius 1 is 0.615 bits per heavy atom. The minimum Gasteiger partial charge on any atom is -0.498 e. The van der Waals surface area contributed by atoms with Gasteiger partial charge in [0.15, 0.2) is 0 Å². The van der Waals surface area contributed by atoms with Gasteiger partial charge in [-0.05, 0) is 115 Å². The summed E-state index contributed by atoms with van der Waals surface area (Å²) in [5, 5.41) is 0. The highest BCUT2D eigenvalue weighted by Crippen LogP contribution is 2.71. The quantitative estimate of drug-likeness (QED) is 0.0950. The first kappa shape index (κ1) is 41.2. The number of ether oxygens (including phenoxy) is 2. The van der Waals surface area contributed by atoms with Crippen LogP contribution in [0.25, 0.3) is 0 Å². The summed E-state index contributed by atoms with van der Waals surface area (Å²) in [5.41, 5.74) is 4.78. The number of hydrogen-bond donors (Lipinski definition) is 0. The molecule has 0 aliphatic heterocycles. The van der Waals surface area contributed by atoms with Crippen molar-refractivity contribution >= 4 is 20.4 Å². The maximum Gasteiger partial charge on any atom is 0.307 e. The highest BCUT2D eigenvalue weighted by molar-refractivity contribution is 8.33. The molecule has 0 unspecified atom stereocenters. The molecule has 4 aromatic rings. The van der Waals surface area contributed by atoms with E-state index in [1.807, 2.05) is 24.3 Å². The Hall–Kier alpha value is -3.52. The molecular weight excluding hydrogens is 685 g/mol. The highest BCUT2D eigenvalue weighted by atomic mass is 32.3. The highest BCUT2D eigenvalue weighted by Gasteiger charge is 2.41. The van der Waals surface area contributed by atoms with Crippen LogP contribution < -0.4 is 4.74 Å². The second kappa shape index (κ2) is 16.2. The minimum atomic E-state index is -4.38. The van der Waals surface area contributed by atoms with Gasteiger partial charge in [0.25, 0.3) is 0 Å². The summed E-state index contributed by atoms with van der Waals surface area (Å²) >= 11 is 0. The maximum atomic E-state index is 15.4. The van der Waals surface area contributed by atoms with Crippen LogP contribution in [-0.2, 0) is 29.3 Å². The van der Waals surface area contributed by atoms with Gasteiger partial charge in [0.2, 0.25) is 0 Å². The van der Waals surface area contributed by atoms with Crippen LogP contribution in [0.2, 0.25) is 0 Å². The first-order valence-corrected chi connectivity index (χ1v) is 21.3. The summed E-state index contributed by atoms with van der Waals surface area (Å²) in [4.78, 5) is 2.60. The molecule has 0 aromatic heterocycles. The Bertz CT molecular complexity index is 1820. The average molecular weight is 745 g/mol. The monoisotopic (exact) mass is 744 g/mol. The molecule has 4 aromatic carbocycles. The van der Waals surface area contributed by atoms with Crippen molar-refractivity contribution in [3.8, 4) is 5.75 Å². The van der Waals surface area contributed by atoms with Gasteiger partial charge in [-0.15, -0.1) is 0 Å². The average Bonchev–Trinajstić information content (AvgIpc) is 3.08. The zero-order valence-corrected chi connectivity index (χ0v) is 35.0. The van der Waals surface area contributed by atoms with E-state index in [0.717, 1.165) is 42.5 Å². The van der Waals surface area contributed by atoms with E-state index in [2.05, 4.69) is 150 Å². The summed E-state index contributed by atoms with van der Waals surface area (Å²) < 4.78 is 49.0. The number of rotatable bonds is 14. The molecule has 52 heavy (non-hydrogen) atoms. The van der Waals surface area contributed by atoms with Crippen molar-refractivity contribution in [2.24, 2.45) is 0 Å². The minimum absolute atomic E-state index is 0.0485. The molecule has 0 N–H and O–H groups in total. The van der Waals surface area contributed by atoms with Crippen LogP contribution in [0.4, 0.5) is 0 Å². The fourth-order valence-electron chi connectivity index (χ4n) is 6.18. The van der Waals surface area contributed by atoms with E-state index < -0.39 is 20.4 Å². The molecule has 0 aliphatic rings. The molecule has 0 saturated heterocycles. The van der Waals surface area contributed by atoms with E-state index in [9.17, 15) is 0 Å². The Kier molecular flexibility index (Phi) is 12.9. The van der Waals surface area contributed by atoms with Crippen molar-refractivity contribution in [2.45, 2.75) is 131 Å². The SMILES string of the molecule is C=COCCOc1ccc(S(OS(=O)(=O)c2c(C(C)C)cc(C(C)C)cc2C(C)C)(c2ccc(C(C)(C)C)cc2)c2ccc(C(C)(C)C)cc2)cc1. The van der Waals surface area contributed by atoms with Crippen LogP contribution in [0, 0.1) is 0 Å². The summed E-state index contributed by atoms with van der Waals surface area (Å²) in [6.07, 6.45) is 1.39. The Labute approximate surface area is 316 Å². The van der Waals surface area contributed by atoms with Crippen molar-refractivity contribution in [2.75, 3.05) is 13.2 Å². The summed E-state index contributed by atoms with van der Waals surface area (Å²) in [5.74, 6) is 0.788. The van der Waals surface area contributed by atoms with Gasteiger partial charge in [-0.1, -0.05) is 126 Å². The van der Waals surface area contributed by atoms with Gasteiger partial charge in [-0.2, -0.15) is 8.42 Å². The molecule has 0 radical (unpaired) electrons. The maximum absolute atomic E-state index is 15.4. The molecule has 0 fully saturated rings. The van der Waals surface area contributed by atoms with E-state index in [1.165, 1.54) is 6.26 Å². The molecule has 0 atom stereocenters. The lowest BCUT2D eigenvalue weighted by Gasteiger charge is -2.40. The standard InChI is InChI=1S/C45H60O5S2/c1-14-48-27-28-49-37-19-25-40(26-20-37)51(38-21-15-35(16-22-38)44(8,9)10,39-23-17-36(18-24-39)45(11,12)13)50-52(46,47)43-41(32(4)5)29-34(31(2)3)30-42(43)33(6)7/h14-26,29-33H,1,27-28H2,2-13H3. The molecule has 0 bridgehead atoms. The first-order chi connectivity index (χ1) is 24.2. The molecule has 282 valence electrons. The van der Waals surface area contributed by atoms with Gasteiger partial charge in [-0.3, -0.25) is 0 Å².